The van der Waals surface area contributed by atoms with Gasteiger partial charge in [0, 0.05) is 26.4 Å². The summed E-state index contributed by atoms with van der Waals surface area (Å²) in [6.45, 7) is -0.493. The molecule has 2 spiro atoms. The Morgan fingerprint density at radius 1 is 1.09 bits per heavy atom. The van der Waals surface area contributed by atoms with E-state index in [2.05, 4.69) is 0 Å². The third kappa shape index (κ3) is 2.52. The molecule has 0 radical (unpaired) electrons. The van der Waals surface area contributed by atoms with Crippen molar-refractivity contribution in [3.05, 3.63) is 0 Å². The molecule has 0 N–H and O–H groups in total. The van der Waals surface area contributed by atoms with Crippen LogP contribution < -0.4 is 0 Å². The van der Waals surface area contributed by atoms with Crippen LogP contribution in [0.4, 0.5) is 18.0 Å². The number of rotatable bonds is 2. The van der Waals surface area contributed by atoms with Crippen LogP contribution in [0.5, 0.6) is 0 Å². The second kappa shape index (κ2) is 4.95. The maximum Gasteiger partial charge on any atom is 0.390 e. The Bertz CT molecular complexity index is 555. The standard InChI is InChI=1S/C15H19F3N2O3/c1-19-11(22)14(20(12(19)23)7-6-15(16,17)18)8-13(9-14)4-2-10(21)3-5-13/h2-9H2,1H3. The van der Waals surface area contributed by atoms with Gasteiger partial charge in [0.1, 0.15) is 11.3 Å². The summed E-state index contributed by atoms with van der Waals surface area (Å²) in [5, 5.41) is 0. The van der Waals surface area contributed by atoms with Crippen LogP contribution in [0.15, 0.2) is 0 Å². The molecule has 2 aliphatic carbocycles. The molecular weight excluding hydrogens is 313 g/mol. The molecule has 0 aromatic carbocycles. The van der Waals surface area contributed by atoms with Crippen LogP contribution in [-0.2, 0) is 9.59 Å². The zero-order valence-corrected chi connectivity index (χ0v) is 12.9. The molecule has 1 saturated heterocycles. The Kier molecular flexibility index (Phi) is 3.50. The molecule has 23 heavy (non-hydrogen) atoms. The van der Waals surface area contributed by atoms with Gasteiger partial charge >= 0.3 is 12.2 Å². The van der Waals surface area contributed by atoms with E-state index in [0.29, 0.717) is 38.5 Å². The number of carbonyl (C=O) groups excluding carboxylic acids is 3. The van der Waals surface area contributed by atoms with Crippen molar-refractivity contribution in [3.8, 4) is 0 Å². The average Bonchev–Trinajstić information content (AvgIpc) is 2.61. The molecule has 3 fully saturated rings. The highest BCUT2D eigenvalue weighted by Crippen LogP contribution is 2.60. The van der Waals surface area contributed by atoms with Crippen LogP contribution in [0.1, 0.15) is 44.9 Å². The number of imide groups is 1. The van der Waals surface area contributed by atoms with Crippen LogP contribution in [-0.4, -0.2) is 52.8 Å². The third-order valence-electron chi connectivity index (χ3n) is 5.56. The Hall–Kier alpha value is -1.60. The second-order valence-electron chi connectivity index (χ2n) is 7.09. The van der Waals surface area contributed by atoms with Crippen molar-refractivity contribution in [3.63, 3.8) is 0 Å². The summed E-state index contributed by atoms with van der Waals surface area (Å²) in [7, 11) is 1.31. The van der Waals surface area contributed by atoms with Gasteiger partial charge in [0.15, 0.2) is 0 Å². The minimum absolute atomic E-state index is 0.175. The summed E-state index contributed by atoms with van der Waals surface area (Å²) in [6.07, 6.45) is -2.51. The topological polar surface area (TPSA) is 57.7 Å². The van der Waals surface area contributed by atoms with E-state index >= 15 is 0 Å². The van der Waals surface area contributed by atoms with Crippen LogP contribution in [0, 0.1) is 5.41 Å². The number of hydrogen-bond donors (Lipinski definition) is 0. The molecule has 3 aliphatic rings. The van der Waals surface area contributed by atoms with Crippen molar-refractivity contribution in [2.45, 2.75) is 56.7 Å². The summed E-state index contributed by atoms with van der Waals surface area (Å²) in [5.41, 5.74) is -1.30. The summed E-state index contributed by atoms with van der Waals surface area (Å²) < 4.78 is 37.6. The number of alkyl halides is 3. The number of ketones is 1. The lowest BCUT2D eigenvalue weighted by molar-refractivity contribution is -0.158. The SMILES string of the molecule is CN1C(=O)N(CCC(F)(F)F)C2(CC3(CCC(=O)CC3)C2)C1=O. The fourth-order valence-corrected chi connectivity index (χ4v) is 4.37. The number of amides is 3. The van der Waals surface area contributed by atoms with Gasteiger partial charge in [0.25, 0.3) is 5.91 Å². The van der Waals surface area contributed by atoms with Gasteiger partial charge < -0.3 is 4.90 Å². The molecule has 0 aromatic heterocycles. The van der Waals surface area contributed by atoms with Gasteiger partial charge in [-0.15, -0.1) is 0 Å². The van der Waals surface area contributed by atoms with E-state index in [0.717, 1.165) is 9.80 Å². The van der Waals surface area contributed by atoms with Gasteiger partial charge in [0.05, 0.1) is 6.42 Å². The Balaban J connectivity index is 1.77. The summed E-state index contributed by atoms with van der Waals surface area (Å²) >= 11 is 0. The van der Waals surface area contributed by atoms with Gasteiger partial charge in [0.2, 0.25) is 0 Å². The number of likely N-dealkylation sites (N-methyl/N-ethyl adjacent to an activating group) is 1. The molecule has 0 atom stereocenters. The van der Waals surface area contributed by atoms with E-state index in [4.69, 9.17) is 0 Å². The van der Waals surface area contributed by atoms with Crippen LogP contribution in [0.3, 0.4) is 0 Å². The molecule has 8 heteroatoms. The Morgan fingerprint density at radius 2 is 1.65 bits per heavy atom. The summed E-state index contributed by atoms with van der Waals surface area (Å²) in [6, 6.07) is -0.652. The predicted octanol–water partition coefficient (Wildman–Crippen LogP) is 2.49. The quantitative estimate of drug-likeness (QED) is 0.730. The highest BCUT2D eigenvalue weighted by Gasteiger charge is 2.67. The summed E-state index contributed by atoms with van der Waals surface area (Å²) in [4.78, 5) is 38.0. The number of urea groups is 1. The molecule has 0 unspecified atom stereocenters. The molecular formula is C15H19F3N2O3. The van der Waals surface area contributed by atoms with Crippen molar-refractivity contribution in [2.24, 2.45) is 5.41 Å². The zero-order valence-electron chi connectivity index (χ0n) is 12.9. The molecule has 2 saturated carbocycles. The highest BCUT2D eigenvalue weighted by atomic mass is 19.4. The number of Topliss-reactive ketones (excluding diaryl/α,β-unsaturated/α-hetero) is 1. The lowest BCUT2D eigenvalue weighted by Crippen LogP contribution is -2.64. The number of halogens is 3. The van der Waals surface area contributed by atoms with E-state index in [1.807, 2.05) is 0 Å². The molecule has 3 rings (SSSR count). The van der Waals surface area contributed by atoms with E-state index in [9.17, 15) is 27.6 Å². The molecule has 0 aromatic rings. The number of hydrogen-bond acceptors (Lipinski definition) is 3. The molecule has 5 nitrogen and oxygen atoms in total. The van der Waals surface area contributed by atoms with Crippen LogP contribution in [0.2, 0.25) is 0 Å². The first-order valence-electron chi connectivity index (χ1n) is 7.77. The summed E-state index contributed by atoms with van der Waals surface area (Å²) in [5.74, 6) is -0.219. The van der Waals surface area contributed by atoms with Gasteiger partial charge in [-0.2, -0.15) is 13.2 Å². The van der Waals surface area contributed by atoms with E-state index < -0.39 is 36.6 Å². The maximum absolute atomic E-state index is 12.5. The van der Waals surface area contributed by atoms with Gasteiger partial charge in [-0.25, -0.2) is 4.79 Å². The monoisotopic (exact) mass is 332 g/mol. The largest absolute Gasteiger partial charge is 0.390 e. The number of nitrogens with zero attached hydrogens (tertiary/aromatic N) is 2. The van der Waals surface area contributed by atoms with Gasteiger partial charge in [-0.1, -0.05) is 0 Å². The first-order chi connectivity index (χ1) is 10.6. The first kappa shape index (κ1) is 16.3. The van der Waals surface area contributed by atoms with Crippen LogP contribution in [0.25, 0.3) is 0 Å². The van der Waals surface area contributed by atoms with Gasteiger partial charge in [-0.05, 0) is 31.1 Å². The maximum atomic E-state index is 12.5. The van der Waals surface area contributed by atoms with Crippen molar-refractivity contribution in [1.29, 1.82) is 0 Å². The minimum atomic E-state index is -4.37. The lowest BCUT2D eigenvalue weighted by Gasteiger charge is -2.57. The smallest absolute Gasteiger partial charge is 0.309 e. The average molecular weight is 332 g/mol. The van der Waals surface area contributed by atoms with E-state index in [-0.39, 0.29) is 11.2 Å². The molecule has 1 aliphatic heterocycles. The normalized spacial score (nSPS) is 26.3. The fourth-order valence-electron chi connectivity index (χ4n) is 4.37. The molecule has 1 heterocycles. The molecule has 128 valence electrons. The fraction of sp³-hybridized carbons (Fsp3) is 0.800. The predicted molar refractivity (Wildman–Crippen MR) is 73.4 cm³/mol. The van der Waals surface area contributed by atoms with Gasteiger partial charge in [-0.3, -0.25) is 14.5 Å². The number of carbonyl (C=O) groups is 3. The van der Waals surface area contributed by atoms with Crippen molar-refractivity contribution < 1.29 is 27.6 Å². The third-order valence-corrected chi connectivity index (χ3v) is 5.56. The van der Waals surface area contributed by atoms with Crippen molar-refractivity contribution >= 4 is 17.7 Å². The molecule has 0 bridgehead atoms. The Morgan fingerprint density at radius 3 is 2.17 bits per heavy atom. The zero-order chi connectivity index (χ0) is 17.0. The second-order valence-corrected chi connectivity index (χ2v) is 7.09. The highest BCUT2D eigenvalue weighted by molar-refractivity contribution is 6.07. The molecule has 3 amide bonds. The first-order valence-corrected chi connectivity index (χ1v) is 7.77. The van der Waals surface area contributed by atoms with Crippen molar-refractivity contribution in [1.82, 2.24) is 9.80 Å². The minimum Gasteiger partial charge on any atom is -0.309 e. The van der Waals surface area contributed by atoms with E-state index in [1.165, 1.54) is 7.05 Å². The Labute approximate surface area is 131 Å². The van der Waals surface area contributed by atoms with Crippen LogP contribution >= 0.6 is 0 Å². The lowest BCUT2D eigenvalue weighted by atomic mass is 9.51. The van der Waals surface area contributed by atoms with Crippen molar-refractivity contribution in [2.75, 3.05) is 13.6 Å². The van der Waals surface area contributed by atoms with E-state index in [1.54, 1.807) is 0 Å².